The van der Waals surface area contributed by atoms with Crippen molar-refractivity contribution in [3.8, 4) is 0 Å². The van der Waals surface area contributed by atoms with Crippen LogP contribution in [0.1, 0.15) is 51.4 Å². The quantitative estimate of drug-likeness (QED) is 0.131. The third-order valence-corrected chi connectivity index (χ3v) is 2.67. The summed E-state index contributed by atoms with van der Waals surface area (Å²) in [6.07, 6.45) is 28.0. The van der Waals surface area contributed by atoms with E-state index in [1.54, 1.807) is 0 Å². The fraction of sp³-hybridized carbons (Fsp3) is 0.500. The number of halogens is 16. The third-order valence-electron chi connectivity index (χ3n) is 2.67. The fourth-order valence-electron chi connectivity index (χ4n) is 1.71. The van der Waals surface area contributed by atoms with Gasteiger partial charge in [0.05, 0.1) is 0 Å². The Morgan fingerprint density at radius 1 is 0.243 bits per heavy atom. The Hall–Kier alpha value is -1.25. The molecule has 37 heavy (non-hydrogen) atoms. The van der Waals surface area contributed by atoms with Gasteiger partial charge in [-0.3, -0.25) is 0 Å². The fourth-order valence-corrected chi connectivity index (χ4v) is 1.71. The van der Waals surface area contributed by atoms with Gasteiger partial charge in [-0.25, -0.2) is 0 Å². The van der Waals surface area contributed by atoms with Crippen molar-refractivity contribution in [2.45, 2.75) is 51.4 Å². The van der Waals surface area contributed by atoms with Crippen LogP contribution in [-0.2, 0) is 20.1 Å². The molecule has 2 aliphatic carbocycles. The molecule has 0 heterocycles. The summed E-state index contributed by atoms with van der Waals surface area (Å²) >= 11 is 0. The minimum absolute atomic E-state index is 0. The molecule has 0 aliphatic heterocycles. The molecule has 0 aromatic carbocycles. The summed E-state index contributed by atoms with van der Waals surface area (Å²) < 4.78 is 156. The zero-order valence-corrected chi connectivity index (χ0v) is 21.4. The topological polar surface area (TPSA) is 0 Å². The van der Waals surface area contributed by atoms with Crippen LogP contribution in [0, 0.1) is 0 Å². The minimum atomic E-state index is -6.00. The van der Waals surface area contributed by atoms with Gasteiger partial charge in [0.25, 0.3) is 0 Å². The van der Waals surface area contributed by atoms with Crippen LogP contribution in [-0.4, -0.2) is 29.0 Å². The number of hydrogen-bond acceptors (Lipinski definition) is 0. The summed E-state index contributed by atoms with van der Waals surface area (Å²) in [5.41, 5.74) is 0. The van der Waals surface area contributed by atoms with Gasteiger partial charge < -0.3 is 69.1 Å². The van der Waals surface area contributed by atoms with E-state index >= 15 is 0 Å². The van der Waals surface area contributed by atoms with Crippen LogP contribution in [0.4, 0.5) is 69.1 Å². The zero-order valence-electron chi connectivity index (χ0n) is 19.0. The molecular formula is C16H24B4F16Ir. The summed E-state index contributed by atoms with van der Waals surface area (Å²) in [7, 11) is -24.0. The maximum absolute atomic E-state index is 9.75. The van der Waals surface area contributed by atoms with Crippen molar-refractivity contribution >= 4 is 29.0 Å². The Balaban J connectivity index is -0.000000112. The molecule has 0 unspecified atom stereocenters. The first-order valence-corrected chi connectivity index (χ1v) is 10.1. The van der Waals surface area contributed by atoms with E-state index < -0.39 is 29.0 Å². The van der Waals surface area contributed by atoms with Crippen molar-refractivity contribution in [1.29, 1.82) is 0 Å². The molecular weight excluding hydrogens is 732 g/mol. The third kappa shape index (κ3) is 171. The standard InChI is InChI=1S/2C8H12.4BF4.Ir/c2*1-2-4-6-8-7-5-3-1;4*2-1(3,4)5;/h2*1-2,7-8H,3-6H2;;;;;/q;;4*-1;+4/b2*2-1-,8-7-;;;;;. The predicted molar refractivity (Wildman–Crippen MR) is 114 cm³/mol. The molecule has 0 N–H and O–H groups in total. The molecule has 1 radical (unpaired) electrons. The number of allylic oxidation sites excluding steroid dienone is 8. The van der Waals surface area contributed by atoms with Gasteiger partial charge in [-0.1, -0.05) is 48.6 Å². The second-order valence-electron chi connectivity index (χ2n) is 6.17. The van der Waals surface area contributed by atoms with Crippen LogP contribution in [0.15, 0.2) is 48.6 Å². The summed E-state index contributed by atoms with van der Waals surface area (Å²) in [6, 6.07) is 0. The summed E-state index contributed by atoms with van der Waals surface area (Å²) in [5.74, 6) is 0. The normalized spacial score (nSPS) is 18.6. The molecule has 2 rings (SSSR count). The average Bonchev–Trinajstić information content (AvgIpc) is 2.47. The zero-order chi connectivity index (χ0) is 29.3. The predicted octanol–water partition coefficient (Wildman–Crippen LogP) is 10.5. The van der Waals surface area contributed by atoms with Gasteiger partial charge in [0.15, 0.2) is 0 Å². The number of hydrogen-bond donors (Lipinski definition) is 0. The van der Waals surface area contributed by atoms with Gasteiger partial charge in [0.1, 0.15) is 0 Å². The largest absolute Gasteiger partial charge is 4.00 e. The molecule has 0 bridgehead atoms. The summed E-state index contributed by atoms with van der Waals surface area (Å²) in [5, 5.41) is 0. The van der Waals surface area contributed by atoms with E-state index in [0.717, 1.165) is 0 Å². The Labute approximate surface area is 218 Å². The van der Waals surface area contributed by atoms with Gasteiger partial charge in [-0.2, -0.15) is 0 Å². The van der Waals surface area contributed by atoms with Gasteiger partial charge in [0, 0.05) is 0 Å². The molecule has 2 aliphatic rings. The first-order valence-electron chi connectivity index (χ1n) is 10.1. The molecule has 0 fully saturated rings. The molecule has 0 spiro atoms. The molecule has 0 aromatic heterocycles. The van der Waals surface area contributed by atoms with Crippen LogP contribution in [0.2, 0.25) is 0 Å². The van der Waals surface area contributed by atoms with Crippen molar-refractivity contribution in [2.75, 3.05) is 0 Å². The van der Waals surface area contributed by atoms with E-state index in [2.05, 4.69) is 48.6 Å². The summed E-state index contributed by atoms with van der Waals surface area (Å²) in [4.78, 5) is 0. The second-order valence-corrected chi connectivity index (χ2v) is 6.17. The van der Waals surface area contributed by atoms with Crippen molar-refractivity contribution in [1.82, 2.24) is 0 Å². The van der Waals surface area contributed by atoms with Crippen LogP contribution in [0.5, 0.6) is 0 Å². The van der Waals surface area contributed by atoms with E-state index in [0.29, 0.717) is 0 Å². The first-order chi connectivity index (χ1) is 16.0. The average molecular weight is 756 g/mol. The Kier molecular flexibility index (Phi) is 32.5. The van der Waals surface area contributed by atoms with E-state index in [1.807, 2.05) is 0 Å². The van der Waals surface area contributed by atoms with E-state index in [1.165, 1.54) is 51.4 Å². The van der Waals surface area contributed by atoms with Gasteiger partial charge >= 0.3 is 49.1 Å². The Morgan fingerprint density at radius 2 is 0.297 bits per heavy atom. The monoisotopic (exact) mass is 757 g/mol. The number of rotatable bonds is 0. The second kappa shape index (κ2) is 26.4. The smallest absolute Gasteiger partial charge is 0.418 e. The molecule has 221 valence electrons. The molecule has 0 aromatic rings. The molecule has 0 saturated carbocycles. The maximum Gasteiger partial charge on any atom is 4.00 e. The molecule has 0 saturated heterocycles. The first kappa shape index (κ1) is 45.7. The van der Waals surface area contributed by atoms with Crippen LogP contribution in [0.25, 0.3) is 0 Å². The van der Waals surface area contributed by atoms with E-state index in [9.17, 15) is 69.1 Å². The molecule has 0 nitrogen and oxygen atoms in total. The van der Waals surface area contributed by atoms with E-state index in [4.69, 9.17) is 0 Å². The molecule has 0 amide bonds. The van der Waals surface area contributed by atoms with Crippen molar-refractivity contribution in [3.63, 3.8) is 0 Å². The maximum atomic E-state index is 9.75. The molecule has 0 atom stereocenters. The van der Waals surface area contributed by atoms with Crippen molar-refractivity contribution < 1.29 is 89.2 Å². The van der Waals surface area contributed by atoms with Crippen LogP contribution >= 0.6 is 0 Å². The Bertz CT molecular complexity index is 444. The van der Waals surface area contributed by atoms with Gasteiger partial charge in [-0.15, -0.1) is 0 Å². The van der Waals surface area contributed by atoms with E-state index in [-0.39, 0.29) is 20.1 Å². The SMILES string of the molecule is C1=C\CC/C=C\CC/1.C1=C\CC/C=C\CC/1.F[B-](F)(F)F.F[B-](F)(F)F.F[B-](F)(F)F.F[B-](F)(F)F.[Ir+4]. The van der Waals surface area contributed by atoms with Gasteiger partial charge in [0.2, 0.25) is 0 Å². The summed E-state index contributed by atoms with van der Waals surface area (Å²) in [6.45, 7) is 0. The van der Waals surface area contributed by atoms with Crippen LogP contribution in [0.3, 0.4) is 0 Å². The minimum Gasteiger partial charge on any atom is -0.418 e. The Morgan fingerprint density at radius 3 is 0.351 bits per heavy atom. The van der Waals surface area contributed by atoms with Crippen molar-refractivity contribution in [2.24, 2.45) is 0 Å². The molecule has 21 heteroatoms. The van der Waals surface area contributed by atoms with Crippen LogP contribution < -0.4 is 0 Å². The van der Waals surface area contributed by atoms with Gasteiger partial charge in [-0.05, 0) is 51.4 Å². The van der Waals surface area contributed by atoms with Crippen molar-refractivity contribution in [3.05, 3.63) is 48.6 Å².